The fourth-order valence-corrected chi connectivity index (χ4v) is 4.00. The molecule has 1 aliphatic rings. The lowest BCUT2D eigenvalue weighted by Gasteiger charge is -2.28. The number of amides is 1. The van der Waals surface area contributed by atoms with Crippen LogP contribution in [0.5, 0.6) is 0 Å². The minimum absolute atomic E-state index is 0.0341. The number of carbonyl (C=O) groups is 1. The Bertz CT molecular complexity index is 454. The number of likely N-dealkylation sites (N-methyl/N-ethyl adjacent to an activating group) is 1. The first kappa shape index (κ1) is 15.4. The number of hydrogen-bond acceptors (Lipinski definition) is 4. The van der Waals surface area contributed by atoms with Gasteiger partial charge in [0.2, 0.25) is 5.91 Å². The van der Waals surface area contributed by atoms with Crippen LogP contribution in [0.1, 0.15) is 30.7 Å². The Morgan fingerprint density at radius 2 is 2.25 bits per heavy atom. The molecule has 6 heteroatoms. The zero-order valence-corrected chi connectivity index (χ0v) is 13.5. The Morgan fingerprint density at radius 3 is 2.85 bits per heavy atom. The highest BCUT2D eigenvalue weighted by atomic mass is 32.2. The third-order valence-corrected chi connectivity index (χ3v) is 5.23. The molecule has 1 heterocycles. The van der Waals surface area contributed by atoms with Crippen LogP contribution in [0.2, 0.25) is 0 Å². The van der Waals surface area contributed by atoms with Gasteiger partial charge in [-0.05, 0) is 40.0 Å². The topological polar surface area (TPSA) is 61.0 Å². The van der Waals surface area contributed by atoms with Crippen LogP contribution in [-0.4, -0.2) is 52.1 Å². The number of aromatic amines is 1. The minimum Gasteiger partial charge on any atom is -0.322 e. The van der Waals surface area contributed by atoms with Gasteiger partial charge in [0.1, 0.15) is 0 Å². The van der Waals surface area contributed by atoms with Crippen molar-refractivity contribution < 1.29 is 4.79 Å². The Kier molecular flexibility index (Phi) is 5.10. The molecular weight excluding hydrogens is 272 g/mol. The summed E-state index contributed by atoms with van der Waals surface area (Å²) in [5.41, 5.74) is 2.55. The molecule has 2 unspecified atom stereocenters. The van der Waals surface area contributed by atoms with E-state index < -0.39 is 0 Å². The lowest BCUT2D eigenvalue weighted by atomic mass is 10.2. The van der Waals surface area contributed by atoms with Gasteiger partial charge in [-0.2, -0.15) is 16.9 Å². The van der Waals surface area contributed by atoms with Crippen molar-refractivity contribution in [2.45, 2.75) is 44.4 Å². The molecule has 2 N–H and O–H groups in total. The fraction of sp³-hybridized carbons (Fsp3) is 0.714. The molecule has 0 aromatic carbocycles. The third-order valence-electron chi connectivity index (χ3n) is 4.07. The summed E-state index contributed by atoms with van der Waals surface area (Å²) in [5.74, 6) is 0.0341. The highest BCUT2D eigenvalue weighted by Crippen LogP contribution is 2.31. The average Bonchev–Trinajstić information content (AvgIpc) is 3.00. The summed E-state index contributed by atoms with van der Waals surface area (Å²) in [7, 11) is 2.05. The molecule has 1 saturated carbocycles. The van der Waals surface area contributed by atoms with Gasteiger partial charge in [-0.1, -0.05) is 6.42 Å². The quantitative estimate of drug-likeness (QED) is 0.874. The van der Waals surface area contributed by atoms with E-state index in [0.717, 1.165) is 17.1 Å². The highest BCUT2D eigenvalue weighted by molar-refractivity contribution is 7.99. The lowest BCUT2D eigenvalue weighted by Crippen LogP contribution is -2.41. The second-order valence-electron chi connectivity index (χ2n) is 5.54. The van der Waals surface area contributed by atoms with Crippen LogP contribution in [0.4, 0.5) is 5.69 Å². The summed E-state index contributed by atoms with van der Waals surface area (Å²) < 4.78 is 0. The molecule has 1 fully saturated rings. The van der Waals surface area contributed by atoms with Gasteiger partial charge in [-0.25, -0.2) is 0 Å². The second-order valence-corrected chi connectivity index (χ2v) is 6.62. The van der Waals surface area contributed by atoms with E-state index in [1.807, 2.05) is 32.7 Å². The number of rotatable bonds is 5. The average molecular weight is 296 g/mol. The van der Waals surface area contributed by atoms with Gasteiger partial charge in [-0.3, -0.25) is 14.8 Å². The van der Waals surface area contributed by atoms with Crippen molar-refractivity contribution in [3.05, 3.63) is 11.4 Å². The van der Waals surface area contributed by atoms with Crippen LogP contribution in [0.3, 0.4) is 0 Å². The summed E-state index contributed by atoms with van der Waals surface area (Å²) in [5, 5.41) is 10.6. The first-order valence-electron chi connectivity index (χ1n) is 7.07. The SMILES string of the molecule is CSC1CCCC1N(C)CC(=O)Nc1c(C)n[nH]c1C. The Balaban J connectivity index is 1.91. The van der Waals surface area contributed by atoms with Crippen molar-refractivity contribution >= 4 is 23.4 Å². The fourth-order valence-electron chi connectivity index (χ4n) is 2.94. The van der Waals surface area contributed by atoms with E-state index in [4.69, 9.17) is 0 Å². The minimum atomic E-state index is 0.0341. The molecule has 1 aromatic heterocycles. The zero-order valence-electron chi connectivity index (χ0n) is 12.7. The van der Waals surface area contributed by atoms with Gasteiger partial charge < -0.3 is 5.32 Å². The van der Waals surface area contributed by atoms with Crippen LogP contribution >= 0.6 is 11.8 Å². The molecule has 1 aromatic rings. The molecule has 0 saturated heterocycles. The summed E-state index contributed by atoms with van der Waals surface area (Å²) in [6.07, 6.45) is 5.88. The van der Waals surface area contributed by atoms with E-state index in [-0.39, 0.29) is 5.91 Å². The van der Waals surface area contributed by atoms with E-state index in [1.165, 1.54) is 19.3 Å². The van der Waals surface area contributed by atoms with Crippen molar-refractivity contribution in [2.24, 2.45) is 0 Å². The van der Waals surface area contributed by atoms with Crippen LogP contribution in [0.25, 0.3) is 0 Å². The molecule has 20 heavy (non-hydrogen) atoms. The first-order valence-corrected chi connectivity index (χ1v) is 8.36. The van der Waals surface area contributed by atoms with Crippen LogP contribution in [0, 0.1) is 13.8 Å². The van der Waals surface area contributed by atoms with Crippen LogP contribution < -0.4 is 5.32 Å². The van der Waals surface area contributed by atoms with E-state index in [1.54, 1.807) is 0 Å². The predicted octanol–water partition coefficient (Wildman–Crippen LogP) is 2.18. The van der Waals surface area contributed by atoms with E-state index in [2.05, 4.69) is 26.7 Å². The van der Waals surface area contributed by atoms with Crippen molar-refractivity contribution in [2.75, 3.05) is 25.2 Å². The van der Waals surface area contributed by atoms with Crippen LogP contribution in [-0.2, 0) is 4.79 Å². The maximum Gasteiger partial charge on any atom is 0.238 e. The summed E-state index contributed by atoms with van der Waals surface area (Å²) >= 11 is 1.92. The number of anilines is 1. The number of carbonyl (C=O) groups excluding carboxylic acids is 1. The van der Waals surface area contributed by atoms with Crippen molar-refractivity contribution in [3.63, 3.8) is 0 Å². The van der Waals surface area contributed by atoms with Crippen molar-refractivity contribution in [1.82, 2.24) is 15.1 Å². The van der Waals surface area contributed by atoms with Gasteiger partial charge in [0.15, 0.2) is 0 Å². The molecule has 1 aliphatic carbocycles. The predicted molar refractivity (Wildman–Crippen MR) is 84.3 cm³/mol. The second kappa shape index (κ2) is 6.63. The molecule has 1 amide bonds. The van der Waals surface area contributed by atoms with Crippen molar-refractivity contribution in [1.29, 1.82) is 0 Å². The Labute approximate surface area is 124 Å². The Hall–Kier alpha value is -1.01. The number of aromatic nitrogens is 2. The molecule has 2 atom stereocenters. The standard InChI is InChI=1S/C14H24N4OS/c1-9-14(10(2)17-16-9)15-13(19)8-18(3)11-6-5-7-12(11)20-4/h11-12H,5-8H2,1-4H3,(H,15,19)(H,16,17). The number of H-pyrrole nitrogens is 1. The lowest BCUT2D eigenvalue weighted by molar-refractivity contribution is -0.117. The number of aryl methyl sites for hydroxylation is 2. The molecular formula is C14H24N4OS. The number of thioether (sulfide) groups is 1. The first-order chi connectivity index (χ1) is 9.52. The molecule has 5 nitrogen and oxygen atoms in total. The normalized spacial score (nSPS) is 22.4. The van der Waals surface area contributed by atoms with Gasteiger partial charge in [0.25, 0.3) is 0 Å². The number of hydrogen-bond donors (Lipinski definition) is 2. The number of nitrogens with one attached hydrogen (secondary N) is 2. The van der Waals surface area contributed by atoms with Crippen LogP contribution in [0.15, 0.2) is 0 Å². The monoisotopic (exact) mass is 296 g/mol. The molecule has 0 aliphatic heterocycles. The van der Waals surface area contributed by atoms with Crippen molar-refractivity contribution in [3.8, 4) is 0 Å². The maximum atomic E-state index is 12.2. The van der Waals surface area contributed by atoms with Gasteiger partial charge in [0, 0.05) is 11.3 Å². The molecule has 2 rings (SSSR count). The molecule has 0 spiro atoms. The highest BCUT2D eigenvalue weighted by Gasteiger charge is 2.30. The summed E-state index contributed by atoms with van der Waals surface area (Å²) in [4.78, 5) is 14.4. The van der Waals surface area contributed by atoms with E-state index in [0.29, 0.717) is 17.8 Å². The third kappa shape index (κ3) is 3.35. The summed E-state index contributed by atoms with van der Waals surface area (Å²) in [6, 6.07) is 0.516. The summed E-state index contributed by atoms with van der Waals surface area (Å²) in [6.45, 7) is 4.25. The largest absolute Gasteiger partial charge is 0.322 e. The zero-order chi connectivity index (χ0) is 14.7. The van der Waals surface area contributed by atoms with E-state index >= 15 is 0 Å². The smallest absolute Gasteiger partial charge is 0.238 e. The van der Waals surface area contributed by atoms with Gasteiger partial charge in [-0.15, -0.1) is 0 Å². The van der Waals surface area contributed by atoms with E-state index in [9.17, 15) is 4.79 Å². The van der Waals surface area contributed by atoms with Gasteiger partial charge >= 0.3 is 0 Å². The Morgan fingerprint density at radius 1 is 1.50 bits per heavy atom. The number of nitrogens with zero attached hydrogens (tertiary/aromatic N) is 2. The molecule has 0 radical (unpaired) electrons. The molecule has 0 bridgehead atoms. The molecule has 112 valence electrons. The van der Waals surface area contributed by atoms with Gasteiger partial charge in [0.05, 0.1) is 23.6 Å². The maximum absolute atomic E-state index is 12.2.